The molecule has 0 spiro atoms. The van der Waals surface area contributed by atoms with Crippen LogP contribution >= 0.6 is 0 Å². The standard InChI is InChI=1S/C24H33N3O4S/c28-24(25-19-22(23-8-7-17-31-23)26-13-3-1-4-14-26)18-20-9-11-21(12-10-20)32(29,30)27-15-5-2-6-16-27/h7-12,17,22H,1-6,13-16,18-19H2,(H,25,28). The lowest BCUT2D eigenvalue weighted by Crippen LogP contribution is -2.40. The molecule has 2 aliphatic rings. The van der Waals surface area contributed by atoms with Crippen LogP contribution < -0.4 is 5.32 Å². The molecule has 2 aromatic rings. The molecule has 0 radical (unpaired) electrons. The molecule has 0 saturated carbocycles. The quantitative estimate of drug-likeness (QED) is 0.655. The van der Waals surface area contributed by atoms with Crippen LogP contribution in [-0.2, 0) is 21.2 Å². The van der Waals surface area contributed by atoms with Crippen molar-refractivity contribution < 1.29 is 17.6 Å². The Balaban J connectivity index is 1.34. The number of likely N-dealkylation sites (tertiary alicyclic amines) is 1. The predicted octanol–water partition coefficient (Wildman–Crippen LogP) is 3.34. The molecule has 4 rings (SSSR count). The second-order valence-electron chi connectivity index (χ2n) is 8.72. The van der Waals surface area contributed by atoms with Gasteiger partial charge in [-0.1, -0.05) is 25.0 Å². The van der Waals surface area contributed by atoms with E-state index in [2.05, 4.69) is 10.2 Å². The van der Waals surface area contributed by atoms with E-state index in [1.54, 1.807) is 34.8 Å². The van der Waals surface area contributed by atoms with E-state index >= 15 is 0 Å². The lowest BCUT2D eigenvalue weighted by molar-refractivity contribution is -0.120. The van der Waals surface area contributed by atoms with Crippen LogP contribution in [0.3, 0.4) is 0 Å². The smallest absolute Gasteiger partial charge is 0.243 e. The number of furan rings is 1. The van der Waals surface area contributed by atoms with Gasteiger partial charge in [0.25, 0.3) is 0 Å². The van der Waals surface area contributed by atoms with Gasteiger partial charge < -0.3 is 9.73 Å². The third-order valence-corrected chi connectivity index (χ3v) is 8.35. The van der Waals surface area contributed by atoms with E-state index < -0.39 is 10.0 Å². The minimum absolute atomic E-state index is 0.0336. The van der Waals surface area contributed by atoms with E-state index in [1.807, 2.05) is 12.1 Å². The zero-order valence-electron chi connectivity index (χ0n) is 18.5. The Labute approximate surface area is 190 Å². The second-order valence-corrected chi connectivity index (χ2v) is 10.7. The Hall–Kier alpha value is -2.16. The molecule has 2 aliphatic heterocycles. The summed E-state index contributed by atoms with van der Waals surface area (Å²) in [7, 11) is -3.45. The molecule has 174 valence electrons. The molecule has 2 saturated heterocycles. The maximum atomic E-state index is 12.8. The SMILES string of the molecule is O=C(Cc1ccc(S(=O)(=O)N2CCCCC2)cc1)NCC(c1ccco1)N1CCCCC1. The summed E-state index contributed by atoms with van der Waals surface area (Å²) in [5, 5.41) is 3.05. The Morgan fingerprint density at radius 2 is 1.59 bits per heavy atom. The number of hydrogen-bond donors (Lipinski definition) is 1. The van der Waals surface area contributed by atoms with E-state index in [0.29, 0.717) is 24.5 Å². The number of piperidine rings is 2. The number of benzene rings is 1. The number of nitrogens with zero attached hydrogens (tertiary/aromatic N) is 2. The number of nitrogens with one attached hydrogen (secondary N) is 1. The highest BCUT2D eigenvalue weighted by Crippen LogP contribution is 2.25. The van der Waals surface area contributed by atoms with E-state index in [-0.39, 0.29) is 18.4 Å². The molecule has 1 aromatic heterocycles. The summed E-state index contributed by atoms with van der Waals surface area (Å²) in [5.41, 5.74) is 0.799. The van der Waals surface area contributed by atoms with Gasteiger partial charge in [-0.05, 0) is 68.6 Å². The number of carbonyl (C=O) groups excluding carboxylic acids is 1. The lowest BCUT2D eigenvalue weighted by atomic mass is 10.1. The van der Waals surface area contributed by atoms with Gasteiger partial charge in [0, 0.05) is 19.6 Å². The van der Waals surface area contributed by atoms with Crippen molar-refractivity contribution in [1.29, 1.82) is 0 Å². The summed E-state index contributed by atoms with van der Waals surface area (Å²) in [6, 6.07) is 10.6. The van der Waals surface area contributed by atoms with Crippen molar-refractivity contribution in [2.24, 2.45) is 0 Å². The summed E-state index contributed by atoms with van der Waals surface area (Å²) < 4.78 is 32.8. The molecule has 1 unspecified atom stereocenters. The third-order valence-electron chi connectivity index (χ3n) is 6.44. The highest BCUT2D eigenvalue weighted by molar-refractivity contribution is 7.89. The van der Waals surface area contributed by atoms with Crippen LogP contribution in [0.1, 0.15) is 55.9 Å². The zero-order chi connectivity index (χ0) is 22.4. The summed E-state index contributed by atoms with van der Waals surface area (Å²) in [6.45, 7) is 3.68. The molecule has 3 heterocycles. The average molecular weight is 460 g/mol. The average Bonchev–Trinajstić information content (AvgIpc) is 3.35. The van der Waals surface area contributed by atoms with Crippen molar-refractivity contribution in [3.63, 3.8) is 0 Å². The van der Waals surface area contributed by atoms with Gasteiger partial charge in [0.2, 0.25) is 15.9 Å². The number of sulfonamides is 1. The van der Waals surface area contributed by atoms with Crippen molar-refractivity contribution in [3.05, 3.63) is 54.0 Å². The van der Waals surface area contributed by atoms with Crippen molar-refractivity contribution >= 4 is 15.9 Å². The first-order valence-electron chi connectivity index (χ1n) is 11.7. The molecule has 0 bridgehead atoms. The van der Waals surface area contributed by atoms with Gasteiger partial charge in [0.15, 0.2) is 0 Å². The molecule has 7 nitrogen and oxygen atoms in total. The molecule has 1 N–H and O–H groups in total. The number of amides is 1. The monoisotopic (exact) mass is 459 g/mol. The van der Waals surface area contributed by atoms with Crippen molar-refractivity contribution in [2.75, 3.05) is 32.7 Å². The van der Waals surface area contributed by atoms with Crippen molar-refractivity contribution in [2.45, 2.75) is 55.9 Å². The van der Waals surface area contributed by atoms with Gasteiger partial charge in [-0.3, -0.25) is 9.69 Å². The molecule has 1 aromatic carbocycles. The van der Waals surface area contributed by atoms with Crippen molar-refractivity contribution in [1.82, 2.24) is 14.5 Å². The van der Waals surface area contributed by atoms with Crippen LogP contribution in [0.25, 0.3) is 0 Å². The topological polar surface area (TPSA) is 82.9 Å². The van der Waals surface area contributed by atoms with E-state index in [0.717, 1.165) is 56.5 Å². The summed E-state index contributed by atoms with van der Waals surface area (Å²) in [6.07, 6.45) is 8.37. The maximum absolute atomic E-state index is 12.8. The van der Waals surface area contributed by atoms with E-state index in [4.69, 9.17) is 4.42 Å². The fourth-order valence-electron chi connectivity index (χ4n) is 4.61. The fourth-order valence-corrected chi connectivity index (χ4v) is 6.13. The lowest BCUT2D eigenvalue weighted by Gasteiger charge is -2.33. The third kappa shape index (κ3) is 5.60. The first-order valence-corrected chi connectivity index (χ1v) is 13.1. The molecular formula is C24H33N3O4S. The zero-order valence-corrected chi connectivity index (χ0v) is 19.4. The number of rotatable bonds is 8. The maximum Gasteiger partial charge on any atom is 0.243 e. The van der Waals surface area contributed by atoms with E-state index in [1.165, 1.54) is 6.42 Å². The Morgan fingerprint density at radius 3 is 2.22 bits per heavy atom. The Kier molecular flexibility index (Phi) is 7.65. The largest absolute Gasteiger partial charge is 0.468 e. The fraction of sp³-hybridized carbons (Fsp3) is 0.542. The minimum atomic E-state index is -3.45. The Morgan fingerprint density at radius 1 is 0.938 bits per heavy atom. The summed E-state index contributed by atoms with van der Waals surface area (Å²) in [5.74, 6) is 0.796. The highest BCUT2D eigenvalue weighted by atomic mass is 32.2. The molecule has 0 aliphatic carbocycles. The van der Waals surface area contributed by atoms with Gasteiger partial charge in [-0.15, -0.1) is 0 Å². The molecule has 1 atom stereocenters. The Bertz CT molecular complexity index is 961. The molecule has 32 heavy (non-hydrogen) atoms. The van der Waals surface area contributed by atoms with Crippen LogP contribution in [0.4, 0.5) is 0 Å². The van der Waals surface area contributed by atoms with Crippen LogP contribution in [-0.4, -0.2) is 56.3 Å². The van der Waals surface area contributed by atoms with Gasteiger partial charge >= 0.3 is 0 Å². The van der Waals surface area contributed by atoms with Gasteiger partial charge in [0.1, 0.15) is 5.76 Å². The molecule has 8 heteroatoms. The predicted molar refractivity (Wildman–Crippen MR) is 123 cm³/mol. The summed E-state index contributed by atoms with van der Waals surface area (Å²) in [4.78, 5) is 15.3. The molecule has 1 amide bonds. The minimum Gasteiger partial charge on any atom is -0.468 e. The van der Waals surface area contributed by atoms with Crippen LogP contribution in [0.15, 0.2) is 52.0 Å². The number of hydrogen-bond acceptors (Lipinski definition) is 5. The van der Waals surface area contributed by atoms with Gasteiger partial charge in [-0.25, -0.2) is 8.42 Å². The normalized spacial score (nSPS) is 19.5. The summed E-state index contributed by atoms with van der Waals surface area (Å²) >= 11 is 0. The highest BCUT2D eigenvalue weighted by Gasteiger charge is 2.26. The first kappa shape index (κ1) is 23.0. The number of carbonyl (C=O) groups is 1. The van der Waals surface area contributed by atoms with Crippen LogP contribution in [0, 0.1) is 0 Å². The van der Waals surface area contributed by atoms with E-state index in [9.17, 15) is 13.2 Å². The van der Waals surface area contributed by atoms with Crippen molar-refractivity contribution in [3.8, 4) is 0 Å². The second kappa shape index (κ2) is 10.6. The van der Waals surface area contributed by atoms with Gasteiger partial charge in [0.05, 0.1) is 23.6 Å². The van der Waals surface area contributed by atoms with Crippen LogP contribution in [0.2, 0.25) is 0 Å². The first-order chi connectivity index (χ1) is 15.5. The van der Waals surface area contributed by atoms with Gasteiger partial charge in [-0.2, -0.15) is 4.31 Å². The molecule has 2 fully saturated rings. The molecular weight excluding hydrogens is 426 g/mol. The van der Waals surface area contributed by atoms with Crippen LogP contribution in [0.5, 0.6) is 0 Å².